The van der Waals surface area contributed by atoms with Crippen molar-refractivity contribution in [1.29, 1.82) is 0 Å². The molecule has 0 radical (unpaired) electrons. The maximum Gasteiger partial charge on any atom is 0.412 e. The van der Waals surface area contributed by atoms with Gasteiger partial charge in [-0.15, -0.1) is 11.8 Å². The van der Waals surface area contributed by atoms with Crippen LogP contribution in [0.25, 0.3) is 0 Å². The predicted molar refractivity (Wildman–Crippen MR) is 86.2 cm³/mol. The second kappa shape index (κ2) is 6.50. The van der Waals surface area contributed by atoms with Crippen LogP contribution in [0.3, 0.4) is 0 Å². The third-order valence-electron chi connectivity index (χ3n) is 3.03. The van der Waals surface area contributed by atoms with Gasteiger partial charge in [0.15, 0.2) is 0 Å². The van der Waals surface area contributed by atoms with Crippen LogP contribution in [0, 0.1) is 0 Å². The smallest absolute Gasteiger partial charge is 0.412 e. The zero-order valence-corrected chi connectivity index (χ0v) is 14.9. The number of carboxylic acids is 1. The number of hydrogen-bond acceptors (Lipinski definition) is 5. The van der Waals surface area contributed by atoms with Crippen LogP contribution in [0.5, 0.6) is 0 Å². The molecule has 1 fully saturated rings. The van der Waals surface area contributed by atoms with E-state index >= 15 is 0 Å². The van der Waals surface area contributed by atoms with Crippen molar-refractivity contribution in [2.24, 2.45) is 0 Å². The number of aliphatic carboxylic acids is 1. The first kappa shape index (κ1) is 17.1. The highest BCUT2D eigenvalue weighted by Crippen LogP contribution is 2.42. The highest BCUT2D eigenvalue weighted by Gasteiger charge is 2.41. The minimum atomic E-state index is -1.27. The fourth-order valence-corrected chi connectivity index (χ4v) is 3.78. The van der Waals surface area contributed by atoms with Gasteiger partial charge < -0.3 is 14.6 Å². The molecule has 0 spiro atoms. The summed E-state index contributed by atoms with van der Waals surface area (Å²) in [5.41, 5.74) is 0.160. The van der Waals surface area contributed by atoms with E-state index in [1.165, 1.54) is 16.7 Å². The van der Waals surface area contributed by atoms with E-state index in [-0.39, 0.29) is 5.75 Å². The first-order valence-corrected chi connectivity index (χ1v) is 8.62. The van der Waals surface area contributed by atoms with Gasteiger partial charge >= 0.3 is 6.09 Å². The molecule has 1 aromatic rings. The second-order valence-electron chi connectivity index (χ2n) is 5.96. The van der Waals surface area contributed by atoms with Crippen LogP contribution < -0.4 is 5.11 Å². The van der Waals surface area contributed by atoms with Gasteiger partial charge in [-0.1, -0.05) is 28.1 Å². The summed E-state index contributed by atoms with van der Waals surface area (Å²) in [6.45, 7) is 5.24. The number of carboxylic acid groups (broad SMARTS) is 1. The Balaban J connectivity index is 2.30. The molecular weight excluding hydrogens is 370 g/mol. The first-order chi connectivity index (χ1) is 10.2. The quantitative estimate of drug-likeness (QED) is 0.780. The molecule has 0 bridgehead atoms. The number of carbonyl (C=O) groups excluding carboxylic acids is 2. The summed E-state index contributed by atoms with van der Waals surface area (Å²) in [5.74, 6) is -0.986. The molecule has 120 valence electrons. The molecule has 2 atom stereocenters. The van der Waals surface area contributed by atoms with E-state index < -0.39 is 29.1 Å². The van der Waals surface area contributed by atoms with Crippen molar-refractivity contribution < 1.29 is 19.4 Å². The van der Waals surface area contributed by atoms with E-state index in [1.807, 2.05) is 24.3 Å². The maximum absolute atomic E-state index is 12.4. The Morgan fingerprint density at radius 3 is 2.41 bits per heavy atom. The average molecular weight is 387 g/mol. The van der Waals surface area contributed by atoms with Crippen molar-refractivity contribution in [2.75, 3.05) is 5.75 Å². The number of thioether (sulfide) groups is 1. The molecular formula is C15H17BrNO4S-. The predicted octanol–water partition coefficient (Wildman–Crippen LogP) is 2.55. The standard InChI is InChI=1S/C15H18BrNO4S/c1-15(2,3)21-14(20)17-11(13(18)19)8-22-12(17)9-4-6-10(16)7-5-9/h4-7,11-12H,8H2,1-3H3,(H,18,19)/p-1/t11-,12-/m1/s1. The zero-order valence-electron chi connectivity index (χ0n) is 12.5. The summed E-state index contributed by atoms with van der Waals surface area (Å²) >= 11 is 4.75. The lowest BCUT2D eigenvalue weighted by atomic mass is 10.2. The molecule has 1 saturated heterocycles. The molecule has 22 heavy (non-hydrogen) atoms. The lowest BCUT2D eigenvalue weighted by Crippen LogP contribution is -2.50. The van der Waals surface area contributed by atoms with Crippen LogP contribution in [0.1, 0.15) is 31.7 Å². The van der Waals surface area contributed by atoms with Crippen molar-refractivity contribution in [1.82, 2.24) is 4.90 Å². The normalized spacial score (nSPS) is 21.7. The van der Waals surface area contributed by atoms with Gasteiger partial charge in [0, 0.05) is 10.2 Å². The number of carbonyl (C=O) groups is 2. The molecule has 0 aliphatic carbocycles. The zero-order chi connectivity index (χ0) is 16.5. The van der Waals surface area contributed by atoms with Crippen LogP contribution in [0.15, 0.2) is 28.7 Å². The highest BCUT2D eigenvalue weighted by molar-refractivity contribution is 9.10. The summed E-state index contributed by atoms with van der Waals surface area (Å²) in [4.78, 5) is 25.0. The number of hydrogen-bond donors (Lipinski definition) is 0. The molecule has 1 aromatic carbocycles. The summed E-state index contributed by atoms with van der Waals surface area (Å²) in [7, 11) is 0. The summed E-state index contributed by atoms with van der Waals surface area (Å²) in [5, 5.41) is 10.9. The largest absolute Gasteiger partial charge is 0.548 e. The van der Waals surface area contributed by atoms with Crippen molar-refractivity contribution in [3.8, 4) is 0 Å². The monoisotopic (exact) mass is 386 g/mol. The van der Waals surface area contributed by atoms with Crippen LogP contribution in [-0.2, 0) is 9.53 Å². The fraction of sp³-hybridized carbons (Fsp3) is 0.467. The lowest BCUT2D eigenvalue weighted by molar-refractivity contribution is -0.310. The number of ether oxygens (including phenoxy) is 1. The van der Waals surface area contributed by atoms with Crippen molar-refractivity contribution in [3.63, 3.8) is 0 Å². The molecule has 2 rings (SSSR count). The van der Waals surface area contributed by atoms with Gasteiger partial charge in [0.25, 0.3) is 0 Å². The molecule has 1 amide bonds. The van der Waals surface area contributed by atoms with Crippen molar-refractivity contribution >= 4 is 39.8 Å². The van der Waals surface area contributed by atoms with Gasteiger partial charge in [0.05, 0.1) is 12.0 Å². The van der Waals surface area contributed by atoms with E-state index in [1.54, 1.807) is 20.8 Å². The van der Waals surface area contributed by atoms with Gasteiger partial charge in [-0.3, -0.25) is 4.90 Å². The fourth-order valence-electron chi connectivity index (χ4n) is 2.11. The number of halogens is 1. The number of benzene rings is 1. The van der Waals surface area contributed by atoms with Crippen LogP contribution >= 0.6 is 27.7 Å². The molecule has 0 unspecified atom stereocenters. The Kier molecular flexibility index (Phi) is 5.07. The second-order valence-corrected chi connectivity index (χ2v) is 7.99. The molecule has 1 heterocycles. The minimum Gasteiger partial charge on any atom is -0.548 e. The van der Waals surface area contributed by atoms with Gasteiger partial charge in [-0.25, -0.2) is 4.79 Å². The third kappa shape index (κ3) is 3.95. The molecule has 5 nitrogen and oxygen atoms in total. The molecule has 1 aliphatic rings. The first-order valence-electron chi connectivity index (χ1n) is 6.78. The minimum absolute atomic E-state index is 0.280. The van der Waals surface area contributed by atoms with Crippen LogP contribution in [0.4, 0.5) is 4.79 Å². The topological polar surface area (TPSA) is 69.7 Å². The van der Waals surface area contributed by atoms with E-state index in [0.29, 0.717) is 0 Å². The Labute approximate surface area is 142 Å². The van der Waals surface area contributed by atoms with Gasteiger partial charge in [-0.2, -0.15) is 0 Å². The molecule has 7 heteroatoms. The number of rotatable bonds is 2. The Morgan fingerprint density at radius 1 is 1.32 bits per heavy atom. The Bertz CT molecular complexity index is 570. The maximum atomic E-state index is 12.4. The Morgan fingerprint density at radius 2 is 1.91 bits per heavy atom. The SMILES string of the molecule is CC(C)(C)OC(=O)N1[C@@H](C(=O)[O-])CS[C@@H]1c1ccc(Br)cc1. The summed E-state index contributed by atoms with van der Waals surface area (Å²) in [6.07, 6.45) is -0.639. The van der Waals surface area contributed by atoms with E-state index in [4.69, 9.17) is 4.74 Å². The van der Waals surface area contributed by atoms with E-state index in [2.05, 4.69) is 15.9 Å². The third-order valence-corrected chi connectivity index (χ3v) is 4.88. The average Bonchev–Trinajstić information content (AvgIpc) is 2.82. The van der Waals surface area contributed by atoms with Crippen LogP contribution in [0.2, 0.25) is 0 Å². The van der Waals surface area contributed by atoms with E-state index in [9.17, 15) is 14.7 Å². The highest BCUT2D eigenvalue weighted by atomic mass is 79.9. The summed E-state index contributed by atoms with van der Waals surface area (Å²) < 4.78 is 6.27. The van der Waals surface area contributed by atoms with Gasteiger partial charge in [0.1, 0.15) is 11.0 Å². The van der Waals surface area contributed by atoms with Crippen molar-refractivity contribution in [2.45, 2.75) is 37.8 Å². The van der Waals surface area contributed by atoms with Crippen LogP contribution in [-0.4, -0.2) is 34.4 Å². The van der Waals surface area contributed by atoms with Crippen molar-refractivity contribution in [3.05, 3.63) is 34.3 Å². The molecule has 0 saturated carbocycles. The molecule has 0 N–H and O–H groups in total. The number of nitrogens with zero attached hydrogens (tertiary/aromatic N) is 1. The van der Waals surface area contributed by atoms with E-state index in [0.717, 1.165) is 10.0 Å². The summed E-state index contributed by atoms with van der Waals surface area (Å²) in [6, 6.07) is 6.44. The number of amides is 1. The lowest BCUT2D eigenvalue weighted by Gasteiger charge is -2.32. The molecule has 1 aliphatic heterocycles. The Hall–Kier alpha value is -1.21. The van der Waals surface area contributed by atoms with Gasteiger partial charge in [-0.05, 0) is 38.5 Å². The van der Waals surface area contributed by atoms with Gasteiger partial charge in [0.2, 0.25) is 0 Å². The molecule has 0 aromatic heterocycles.